The number of rotatable bonds is 8. The number of amides is 1. The number of nitrogens with zero attached hydrogens (tertiary/aromatic N) is 5. The molecule has 0 spiro atoms. The Labute approximate surface area is 214 Å². The van der Waals surface area contributed by atoms with Crippen LogP contribution in [0, 0.1) is 13.8 Å². The minimum atomic E-state index is -4.41. The molecule has 1 aliphatic rings. The Balaban J connectivity index is 1.31. The van der Waals surface area contributed by atoms with E-state index in [9.17, 15) is 18.0 Å². The summed E-state index contributed by atoms with van der Waals surface area (Å²) in [7, 11) is 0. The topological polar surface area (TPSA) is 63.5 Å². The molecule has 2 aromatic carbocycles. The summed E-state index contributed by atoms with van der Waals surface area (Å²) in [6, 6.07) is 8.72. The summed E-state index contributed by atoms with van der Waals surface area (Å²) >= 11 is 0. The van der Waals surface area contributed by atoms with Crippen molar-refractivity contribution in [2.45, 2.75) is 46.0 Å². The second-order valence-electron chi connectivity index (χ2n) is 9.34. The van der Waals surface area contributed by atoms with E-state index in [-0.39, 0.29) is 17.5 Å². The SMILES string of the molecule is Cc1c(OCCCn2cncn2)ccc([C@@H](C)N2CCN(C(=O)c3ccc(C(F)(F)F)cc3)CC2)c1C. The maximum absolute atomic E-state index is 12.8. The van der Waals surface area contributed by atoms with E-state index in [0.29, 0.717) is 32.8 Å². The number of alkyl halides is 3. The Morgan fingerprint density at radius 2 is 1.73 bits per heavy atom. The van der Waals surface area contributed by atoms with Crippen LogP contribution in [0.15, 0.2) is 49.1 Å². The first-order chi connectivity index (χ1) is 17.6. The summed E-state index contributed by atoms with van der Waals surface area (Å²) in [4.78, 5) is 20.8. The molecule has 1 aliphatic heterocycles. The van der Waals surface area contributed by atoms with Gasteiger partial charge in [-0.05, 0) is 67.8 Å². The van der Waals surface area contributed by atoms with E-state index in [1.165, 1.54) is 29.6 Å². The van der Waals surface area contributed by atoms with Crippen molar-refractivity contribution in [3.63, 3.8) is 0 Å². The van der Waals surface area contributed by atoms with Gasteiger partial charge in [0.25, 0.3) is 5.91 Å². The van der Waals surface area contributed by atoms with Crippen molar-refractivity contribution in [2.24, 2.45) is 0 Å². The van der Waals surface area contributed by atoms with E-state index in [1.807, 2.05) is 6.07 Å². The van der Waals surface area contributed by atoms with E-state index < -0.39 is 11.7 Å². The van der Waals surface area contributed by atoms with Crippen LogP contribution >= 0.6 is 0 Å². The summed E-state index contributed by atoms with van der Waals surface area (Å²) in [5, 5.41) is 4.09. The van der Waals surface area contributed by atoms with Crippen LogP contribution < -0.4 is 4.74 Å². The lowest BCUT2D eigenvalue weighted by molar-refractivity contribution is -0.137. The van der Waals surface area contributed by atoms with Gasteiger partial charge in [0, 0.05) is 50.7 Å². The van der Waals surface area contributed by atoms with E-state index in [0.717, 1.165) is 36.4 Å². The quantitative estimate of drug-likeness (QED) is 0.400. The molecule has 1 saturated heterocycles. The first-order valence-corrected chi connectivity index (χ1v) is 12.4. The Morgan fingerprint density at radius 1 is 1.03 bits per heavy atom. The monoisotopic (exact) mass is 515 g/mol. The Kier molecular flexibility index (Phi) is 8.16. The number of ether oxygens (including phenoxy) is 1. The summed E-state index contributed by atoms with van der Waals surface area (Å²) in [6.45, 7) is 10.1. The van der Waals surface area contributed by atoms with Gasteiger partial charge >= 0.3 is 6.18 Å². The van der Waals surface area contributed by atoms with Crippen molar-refractivity contribution in [3.05, 3.63) is 76.9 Å². The summed E-state index contributed by atoms with van der Waals surface area (Å²) < 4.78 is 46.2. The first kappa shape index (κ1) is 26.7. The smallest absolute Gasteiger partial charge is 0.416 e. The highest BCUT2D eigenvalue weighted by Crippen LogP contribution is 2.32. The number of carbonyl (C=O) groups is 1. The number of aromatic nitrogens is 3. The van der Waals surface area contributed by atoms with Crippen molar-refractivity contribution >= 4 is 5.91 Å². The number of hydrogen-bond acceptors (Lipinski definition) is 5. The van der Waals surface area contributed by atoms with Gasteiger partial charge in [-0.2, -0.15) is 18.3 Å². The lowest BCUT2D eigenvalue weighted by atomic mass is 9.96. The standard InChI is InChI=1S/C27H32F3N5O2/c1-19-20(2)25(37-16-4-11-35-18-31-17-32-35)10-9-24(19)21(3)33-12-14-34(15-13-33)26(36)22-5-7-23(8-6-22)27(28,29)30/h5-10,17-18,21H,4,11-16H2,1-3H3/t21-/m1/s1. The third-order valence-corrected chi connectivity index (χ3v) is 7.09. The zero-order chi connectivity index (χ0) is 26.6. The molecule has 198 valence electrons. The molecule has 10 heteroatoms. The molecular formula is C27H32F3N5O2. The maximum atomic E-state index is 12.8. The fraction of sp³-hybridized carbons (Fsp3) is 0.444. The Morgan fingerprint density at radius 3 is 2.35 bits per heavy atom. The lowest BCUT2D eigenvalue weighted by Crippen LogP contribution is -2.49. The molecule has 1 fully saturated rings. The van der Waals surface area contributed by atoms with Crippen molar-refractivity contribution in [1.82, 2.24) is 24.6 Å². The van der Waals surface area contributed by atoms with Crippen LogP contribution in [-0.4, -0.2) is 63.3 Å². The van der Waals surface area contributed by atoms with E-state index in [1.54, 1.807) is 15.9 Å². The first-order valence-electron chi connectivity index (χ1n) is 12.4. The summed E-state index contributed by atoms with van der Waals surface area (Å²) in [5.74, 6) is 0.636. The highest BCUT2D eigenvalue weighted by atomic mass is 19.4. The van der Waals surface area contributed by atoms with Crippen LogP contribution in [0.25, 0.3) is 0 Å². The van der Waals surface area contributed by atoms with Crippen LogP contribution in [0.4, 0.5) is 13.2 Å². The fourth-order valence-electron chi connectivity index (χ4n) is 4.68. The van der Waals surface area contributed by atoms with E-state index in [4.69, 9.17) is 4.74 Å². The molecule has 0 saturated carbocycles. The zero-order valence-electron chi connectivity index (χ0n) is 21.3. The second-order valence-corrected chi connectivity index (χ2v) is 9.34. The van der Waals surface area contributed by atoms with Gasteiger partial charge in [0.1, 0.15) is 18.4 Å². The number of benzene rings is 2. The molecule has 1 aromatic heterocycles. The maximum Gasteiger partial charge on any atom is 0.416 e. The Bertz CT molecular complexity index is 1190. The molecule has 1 atom stereocenters. The molecule has 0 N–H and O–H groups in total. The molecule has 3 aromatic rings. The molecule has 0 bridgehead atoms. The van der Waals surface area contributed by atoms with Crippen molar-refractivity contribution < 1.29 is 22.7 Å². The number of halogens is 3. The van der Waals surface area contributed by atoms with Gasteiger partial charge < -0.3 is 9.64 Å². The van der Waals surface area contributed by atoms with E-state index in [2.05, 4.69) is 41.8 Å². The molecule has 0 aliphatic carbocycles. The van der Waals surface area contributed by atoms with Gasteiger partial charge in [-0.25, -0.2) is 4.98 Å². The van der Waals surface area contributed by atoms with Gasteiger partial charge in [0.15, 0.2) is 0 Å². The highest BCUT2D eigenvalue weighted by Gasteiger charge is 2.31. The van der Waals surface area contributed by atoms with Crippen molar-refractivity contribution in [2.75, 3.05) is 32.8 Å². The minimum absolute atomic E-state index is 0.156. The minimum Gasteiger partial charge on any atom is -0.493 e. The van der Waals surface area contributed by atoms with Gasteiger partial charge in [-0.1, -0.05) is 6.07 Å². The van der Waals surface area contributed by atoms with Crippen molar-refractivity contribution in [1.29, 1.82) is 0 Å². The normalized spacial score (nSPS) is 15.6. The molecular weight excluding hydrogens is 483 g/mol. The van der Waals surface area contributed by atoms with Gasteiger partial charge in [0.05, 0.1) is 12.2 Å². The van der Waals surface area contributed by atoms with Crippen LogP contribution in [0.2, 0.25) is 0 Å². The van der Waals surface area contributed by atoms with Crippen LogP contribution in [0.5, 0.6) is 5.75 Å². The Hall–Kier alpha value is -3.40. The fourth-order valence-corrected chi connectivity index (χ4v) is 4.68. The lowest BCUT2D eigenvalue weighted by Gasteiger charge is -2.39. The van der Waals surface area contributed by atoms with Gasteiger partial charge in [-0.15, -0.1) is 0 Å². The molecule has 7 nitrogen and oxygen atoms in total. The number of aryl methyl sites for hydroxylation is 1. The van der Waals surface area contributed by atoms with Crippen LogP contribution in [0.3, 0.4) is 0 Å². The largest absolute Gasteiger partial charge is 0.493 e. The van der Waals surface area contributed by atoms with Crippen molar-refractivity contribution in [3.8, 4) is 5.75 Å². The third-order valence-electron chi connectivity index (χ3n) is 7.09. The van der Waals surface area contributed by atoms with E-state index >= 15 is 0 Å². The molecule has 37 heavy (non-hydrogen) atoms. The predicted octanol–water partition coefficient (Wildman–Crippen LogP) is 4.90. The summed E-state index contributed by atoms with van der Waals surface area (Å²) in [6.07, 6.45) is -0.375. The highest BCUT2D eigenvalue weighted by molar-refractivity contribution is 5.94. The predicted molar refractivity (Wildman–Crippen MR) is 133 cm³/mol. The molecule has 0 radical (unpaired) electrons. The number of piperazine rings is 1. The van der Waals surface area contributed by atoms with Crippen LogP contribution in [-0.2, 0) is 12.7 Å². The van der Waals surface area contributed by atoms with Gasteiger partial charge in [-0.3, -0.25) is 14.4 Å². The second kappa shape index (κ2) is 11.3. The van der Waals surface area contributed by atoms with Crippen LogP contribution in [0.1, 0.15) is 52.0 Å². The zero-order valence-corrected chi connectivity index (χ0v) is 21.3. The third kappa shape index (κ3) is 6.30. The van der Waals surface area contributed by atoms with Gasteiger partial charge in [0.2, 0.25) is 0 Å². The average Bonchev–Trinajstić information content (AvgIpc) is 3.41. The molecule has 4 rings (SSSR count). The number of carbonyl (C=O) groups excluding carboxylic acids is 1. The molecule has 2 heterocycles. The number of hydrogen-bond donors (Lipinski definition) is 0. The molecule has 1 amide bonds. The average molecular weight is 516 g/mol. The summed E-state index contributed by atoms with van der Waals surface area (Å²) in [5.41, 5.74) is 3.04. The molecule has 0 unspecified atom stereocenters.